The van der Waals surface area contributed by atoms with Gasteiger partial charge >= 0.3 is 6.03 Å². The van der Waals surface area contributed by atoms with Crippen LogP contribution in [0.25, 0.3) is 0 Å². The number of rotatable bonds is 4. The Morgan fingerprint density at radius 2 is 2.15 bits per heavy atom. The van der Waals surface area contributed by atoms with Gasteiger partial charge in [-0.1, -0.05) is 17.7 Å². The number of ether oxygens (including phenoxy) is 1. The van der Waals surface area contributed by atoms with Gasteiger partial charge in [-0.25, -0.2) is 4.79 Å². The SMILES string of the molecule is COc1ccc(C)cc1CCNC(=O)N1CCNCC1. The van der Waals surface area contributed by atoms with E-state index in [0.29, 0.717) is 6.54 Å². The molecular weight excluding hydrogens is 254 g/mol. The molecule has 5 heteroatoms. The molecule has 1 heterocycles. The van der Waals surface area contributed by atoms with Crippen LogP contribution in [-0.4, -0.2) is 50.8 Å². The number of hydrogen-bond acceptors (Lipinski definition) is 3. The molecule has 0 aliphatic carbocycles. The predicted molar refractivity (Wildman–Crippen MR) is 79.3 cm³/mol. The smallest absolute Gasteiger partial charge is 0.317 e. The summed E-state index contributed by atoms with van der Waals surface area (Å²) >= 11 is 0. The van der Waals surface area contributed by atoms with Crippen LogP contribution in [0.3, 0.4) is 0 Å². The molecule has 0 unspecified atom stereocenters. The van der Waals surface area contributed by atoms with Crippen molar-refractivity contribution >= 4 is 6.03 Å². The minimum Gasteiger partial charge on any atom is -0.496 e. The zero-order valence-electron chi connectivity index (χ0n) is 12.2. The van der Waals surface area contributed by atoms with E-state index in [2.05, 4.69) is 23.6 Å². The van der Waals surface area contributed by atoms with Gasteiger partial charge in [-0.05, 0) is 25.0 Å². The number of urea groups is 1. The first-order valence-electron chi connectivity index (χ1n) is 7.07. The molecule has 1 aromatic rings. The number of aryl methyl sites for hydroxylation is 1. The molecule has 0 spiro atoms. The lowest BCUT2D eigenvalue weighted by Gasteiger charge is -2.27. The summed E-state index contributed by atoms with van der Waals surface area (Å²) in [4.78, 5) is 13.8. The fourth-order valence-corrected chi connectivity index (χ4v) is 2.39. The quantitative estimate of drug-likeness (QED) is 0.868. The van der Waals surface area contributed by atoms with Crippen LogP contribution in [0.1, 0.15) is 11.1 Å². The number of benzene rings is 1. The van der Waals surface area contributed by atoms with Crippen molar-refractivity contribution in [1.82, 2.24) is 15.5 Å². The average molecular weight is 277 g/mol. The minimum absolute atomic E-state index is 0.0260. The van der Waals surface area contributed by atoms with Crippen molar-refractivity contribution in [2.24, 2.45) is 0 Å². The van der Waals surface area contributed by atoms with Gasteiger partial charge in [0, 0.05) is 32.7 Å². The lowest BCUT2D eigenvalue weighted by atomic mass is 10.1. The second kappa shape index (κ2) is 7.14. The van der Waals surface area contributed by atoms with E-state index in [0.717, 1.165) is 43.9 Å². The van der Waals surface area contributed by atoms with Gasteiger partial charge in [0.15, 0.2) is 0 Å². The van der Waals surface area contributed by atoms with Crippen molar-refractivity contribution in [3.05, 3.63) is 29.3 Å². The van der Waals surface area contributed by atoms with Crippen molar-refractivity contribution < 1.29 is 9.53 Å². The molecule has 1 aromatic carbocycles. The monoisotopic (exact) mass is 277 g/mol. The summed E-state index contributed by atoms with van der Waals surface area (Å²) in [6, 6.07) is 6.14. The Morgan fingerprint density at radius 1 is 1.40 bits per heavy atom. The molecule has 2 rings (SSSR count). The first-order chi connectivity index (χ1) is 9.70. The number of piperazine rings is 1. The average Bonchev–Trinajstić information content (AvgIpc) is 2.48. The largest absolute Gasteiger partial charge is 0.496 e. The van der Waals surface area contributed by atoms with E-state index in [-0.39, 0.29) is 6.03 Å². The highest BCUT2D eigenvalue weighted by atomic mass is 16.5. The maximum absolute atomic E-state index is 12.0. The van der Waals surface area contributed by atoms with Crippen molar-refractivity contribution in [1.29, 1.82) is 0 Å². The van der Waals surface area contributed by atoms with Gasteiger partial charge in [0.25, 0.3) is 0 Å². The standard InChI is InChI=1S/C15H23N3O2/c1-12-3-4-14(20-2)13(11-12)5-6-17-15(19)18-9-7-16-8-10-18/h3-4,11,16H,5-10H2,1-2H3,(H,17,19). The third-order valence-corrected chi connectivity index (χ3v) is 3.51. The number of carbonyl (C=O) groups excluding carboxylic acids is 1. The molecule has 1 aliphatic heterocycles. The molecule has 0 atom stereocenters. The van der Waals surface area contributed by atoms with Crippen LogP contribution in [0.15, 0.2) is 18.2 Å². The van der Waals surface area contributed by atoms with Gasteiger partial charge in [-0.15, -0.1) is 0 Å². The Hall–Kier alpha value is -1.75. The number of carbonyl (C=O) groups is 1. The summed E-state index contributed by atoms with van der Waals surface area (Å²) in [5.41, 5.74) is 2.34. The summed E-state index contributed by atoms with van der Waals surface area (Å²) in [5, 5.41) is 6.21. The molecule has 0 radical (unpaired) electrons. The van der Waals surface area contributed by atoms with Gasteiger partial charge in [0.05, 0.1) is 7.11 Å². The van der Waals surface area contributed by atoms with E-state index in [1.807, 2.05) is 17.0 Å². The molecule has 110 valence electrons. The Bertz CT molecular complexity index is 456. The molecule has 2 amide bonds. The van der Waals surface area contributed by atoms with E-state index in [1.54, 1.807) is 7.11 Å². The zero-order chi connectivity index (χ0) is 14.4. The van der Waals surface area contributed by atoms with E-state index in [9.17, 15) is 4.79 Å². The van der Waals surface area contributed by atoms with E-state index >= 15 is 0 Å². The lowest BCUT2D eigenvalue weighted by Crippen LogP contribution is -2.50. The highest BCUT2D eigenvalue weighted by molar-refractivity contribution is 5.74. The minimum atomic E-state index is 0.0260. The van der Waals surface area contributed by atoms with Crippen molar-refractivity contribution in [3.8, 4) is 5.75 Å². The number of amides is 2. The number of nitrogens with zero attached hydrogens (tertiary/aromatic N) is 1. The van der Waals surface area contributed by atoms with Gasteiger partial charge in [0.2, 0.25) is 0 Å². The molecule has 1 aliphatic rings. The van der Waals surface area contributed by atoms with Crippen LogP contribution >= 0.6 is 0 Å². The molecule has 5 nitrogen and oxygen atoms in total. The Kier molecular flexibility index (Phi) is 5.24. The number of nitrogens with one attached hydrogen (secondary N) is 2. The normalized spacial score (nSPS) is 15.0. The van der Waals surface area contributed by atoms with Crippen LogP contribution < -0.4 is 15.4 Å². The highest BCUT2D eigenvalue weighted by Crippen LogP contribution is 2.19. The molecule has 2 N–H and O–H groups in total. The highest BCUT2D eigenvalue weighted by Gasteiger charge is 2.15. The van der Waals surface area contributed by atoms with Crippen LogP contribution in [0, 0.1) is 6.92 Å². The second-order valence-electron chi connectivity index (χ2n) is 5.03. The van der Waals surface area contributed by atoms with Gasteiger partial charge < -0.3 is 20.3 Å². The molecular formula is C15H23N3O2. The van der Waals surface area contributed by atoms with Crippen molar-refractivity contribution in [2.45, 2.75) is 13.3 Å². The third kappa shape index (κ3) is 3.87. The predicted octanol–water partition coefficient (Wildman–Crippen LogP) is 1.16. The summed E-state index contributed by atoms with van der Waals surface area (Å²) in [5.74, 6) is 0.882. The summed E-state index contributed by atoms with van der Waals surface area (Å²) in [6.07, 6.45) is 0.780. The Balaban J connectivity index is 1.83. The number of methoxy groups -OCH3 is 1. The molecule has 0 bridgehead atoms. The summed E-state index contributed by atoms with van der Waals surface area (Å²) in [7, 11) is 1.67. The Morgan fingerprint density at radius 3 is 2.85 bits per heavy atom. The number of hydrogen-bond donors (Lipinski definition) is 2. The van der Waals surface area contributed by atoms with Crippen molar-refractivity contribution in [3.63, 3.8) is 0 Å². The Labute approximate surface area is 120 Å². The maximum Gasteiger partial charge on any atom is 0.317 e. The summed E-state index contributed by atoms with van der Waals surface area (Å²) < 4.78 is 5.34. The lowest BCUT2D eigenvalue weighted by molar-refractivity contribution is 0.190. The van der Waals surface area contributed by atoms with Gasteiger partial charge in [0.1, 0.15) is 5.75 Å². The fourth-order valence-electron chi connectivity index (χ4n) is 2.39. The fraction of sp³-hybridized carbons (Fsp3) is 0.533. The first-order valence-corrected chi connectivity index (χ1v) is 7.07. The third-order valence-electron chi connectivity index (χ3n) is 3.51. The second-order valence-corrected chi connectivity index (χ2v) is 5.03. The van der Waals surface area contributed by atoms with E-state index in [4.69, 9.17) is 4.74 Å². The van der Waals surface area contributed by atoms with Crippen LogP contribution in [0.5, 0.6) is 5.75 Å². The van der Waals surface area contributed by atoms with E-state index in [1.165, 1.54) is 5.56 Å². The molecule has 0 aromatic heterocycles. The molecule has 20 heavy (non-hydrogen) atoms. The molecule has 1 fully saturated rings. The topological polar surface area (TPSA) is 53.6 Å². The first kappa shape index (κ1) is 14.7. The molecule has 1 saturated heterocycles. The van der Waals surface area contributed by atoms with Crippen LogP contribution in [-0.2, 0) is 6.42 Å². The van der Waals surface area contributed by atoms with Crippen molar-refractivity contribution in [2.75, 3.05) is 39.8 Å². The molecule has 0 saturated carbocycles. The van der Waals surface area contributed by atoms with E-state index < -0.39 is 0 Å². The van der Waals surface area contributed by atoms with Crippen LogP contribution in [0.2, 0.25) is 0 Å². The van der Waals surface area contributed by atoms with Gasteiger partial charge in [-0.3, -0.25) is 0 Å². The zero-order valence-corrected chi connectivity index (χ0v) is 12.2. The van der Waals surface area contributed by atoms with Gasteiger partial charge in [-0.2, -0.15) is 0 Å². The van der Waals surface area contributed by atoms with Crippen LogP contribution in [0.4, 0.5) is 4.79 Å². The maximum atomic E-state index is 12.0. The summed E-state index contributed by atoms with van der Waals surface area (Å²) in [6.45, 7) is 5.99.